The van der Waals surface area contributed by atoms with Crippen LogP contribution >= 0.6 is 0 Å². The summed E-state index contributed by atoms with van der Waals surface area (Å²) >= 11 is 0. The maximum atomic E-state index is 13.6. The molecule has 2 amide bonds. The molecule has 2 aromatic carbocycles. The first-order valence-electron chi connectivity index (χ1n) is 11.5. The maximum absolute atomic E-state index is 13.6. The number of aromatic amines is 1. The van der Waals surface area contributed by atoms with E-state index in [9.17, 15) is 22.8 Å². The molecule has 12 heteroatoms. The van der Waals surface area contributed by atoms with Crippen LogP contribution < -0.4 is 19.9 Å². The smallest absolute Gasteiger partial charge is 0.285 e. The van der Waals surface area contributed by atoms with Gasteiger partial charge in [0, 0.05) is 41.7 Å². The molecule has 0 saturated carbocycles. The summed E-state index contributed by atoms with van der Waals surface area (Å²) in [5.41, 5.74) is 2.02. The minimum atomic E-state index is -3.85. The Kier molecular flexibility index (Phi) is 6.33. The summed E-state index contributed by atoms with van der Waals surface area (Å²) < 4.78 is 32.1. The third-order valence-corrected chi connectivity index (χ3v) is 6.81. The summed E-state index contributed by atoms with van der Waals surface area (Å²) in [5.74, 6) is -1.24. The van der Waals surface area contributed by atoms with Gasteiger partial charge in [0.25, 0.3) is 17.4 Å². The van der Waals surface area contributed by atoms with Gasteiger partial charge in [-0.25, -0.2) is 13.1 Å². The lowest BCUT2D eigenvalue weighted by Crippen LogP contribution is -2.41. The van der Waals surface area contributed by atoms with Crippen LogP contribution in [0.5, 0.6) is 5.75 Å². The van der Waals surface area contributed by atoms with Crippen molar-refractivity contribution in [3.05, 3.63) is 106 Å². The molecular weight excluding hydrogens is 510 g/mol. The Hall–Kier alpha value is -4.71. The van der Waals surface area contributed by atoms with E-state index in [4.69, 9.17) is 4.74 Å². The van der Waals surface area contributed by atoms with Gasteiger partial charge in [0.15, 0.2) is 5.69 Å². The number of fused-ring (bicyclic) bond motifs is 1. The Morgan fingerprint density at radius 3 is 2.34 bits per heavy atom. The van der Waals surface area contributed by atoms with E-state index in [0.29, 0.717) is 22.7 Å². The highest BCUT2D eigenvalue weighted by atomic mass is 32.2. The van der Waals surface area contributed by atoms with Gasteiger partial charge in [0.1, 0.15) is 11.4 Å². The molecule has 1 aliphatic heterocycles. The molecule has 5 rings (SSSR count). The zero-order valence-corrected chi connectivity index (χ0v) is 21.2. The minimum absolute atomic E-state index is 0.0825. The van der Waals surface area contributed by atoms with Crippen molar-refractivity contribution >= 4 is 27.5 Å². The van der Waals surface area contributed by atoms with Crippen LogP contribution in [0.4, 0.5) is 5.69 Å². The van der Waals surface area contributed by atoms with Crippen molar-refractivity contribution in [1.82, 2.24) is 19.5 Å². The lowest BCUT2D eigenvalue weighted by atomic mass is 9.85. The van der Waals surface area contributed by atoms with E-state index >= 15 is 0 Å². The fourth-order valence-corrected chi connectivity index (χ4v) is 4.93. The summed E-state index contributed by atoms with van der Waals surface area (Å²) in [6.45, 7) is 0.154. The molecule has 0 aliphatic carbocycles. The van der Waals surface area contributed by atoms with Gasteiger partial charge < -0.3 is 9.64 Å². The number of methoxy groups -OCH3 is 1. The lowest BCUT2D eigenvalue weighted by Gasteiger charge is -2.33. The highest BCUT2D eigenvalue weighted by Gasteiger charge is 2.39. The van der Waals surface area contributed by atoms with E-state index in [-0.39, 0.29) is 23.5 Å². The van der Waals surface area contributed by atoms with Crippen LogP contribution in [0.15, 0.2) is 77.7 Å². The SMILES string of the molecule is COc1ccc(C2CN(c3ccc(-n4ccccc4=O)cc3)C(=O)c3[nH]nc(C(=O)NS(C)(=O)=O)c32)cc1. The van der Waals surface area contributed by atoms with Gasteiger partial charge in [-0.15, -0.1) is 0 Å². The number of pyridine rings is 1. The highest BCUT2D eigenvalue weighted by Crippen LogP contribution is 2.37. The van der Waals surface area contributed by atoms with E-state index in [0.717, 1.165) is 11.8 Å². The maximum Gasteiger partial charge on any atom is 0.285 e. The molecule has 1 aliphatic rings. The molecule has 194 valence electrons. The van der Waals surface area contributed by atoms with Crippen LogP contribution in [0.25, 0.3) is 5.69 Å². The number of rotatable bonds is 6. The molecule has 0 radical (unpaired) electrons. The number of sulfonamides is 1. The molecule has 3 heterocycles. The lowest BCUT2D eigenvalue weighted by molar-refractivity contribution is 0.0972. The fraction of sp³-hybridized carbons (Fsp3) is 0.154. The predicted octanol–water partition coefficient (Wildman–Crippen LogP) is 2.05. The number of hydrogen-bond acceptors (Lipinski definition) is 7. The van der Waals surface area contributed by atoms with Crippen molar-refractivity contribution in [2.24, 2.45) is 0 Å². The Balaban J connectivity index is 1.57. The summed E-state index contributed by atoms with van der Waals surface area (Å²) in [7, 11) is -2.31. The molecule has 1 unspecified atom stereocenters. The Morgan fingerprint density at radius 1 is 1.03 bits per heavy atom. The molecule has 0 saturated heterocycles. The second kappa shape index (κ2) is 9.63. The molecule has 0 fully saturated rings. The number of aromatic nitrogens is 3. The monoisotopic (exact) mass is 533 g/mol. The van der Waals surface area contributed by atoms with E-state index in [1.165, 1.54) is 10.6 Å². The molecule has 4 aromatic rings. The number of H-pyrrole nitrogens is 1. The van der Waals surface area contributed by atoms with Gasteiger partial charge in [0.2, 0.25) is 10.0 Å². The standard InChI is InChI=1S/C26H23N5O6S/c1-37-19-12-6-16(7-13-19)20-15-31(18-10-8-17(9-11-18)30-14-4-3-5-21(30)32)26(34)24-22(20)23(27-28-24)25(33)29-38(2,35)36/h3-14,20H,15H2,1-2H3,(H,27,28)(H,29,33). The summed E-state index contributed by atoms with van der Waals surface area (Å²) in [6, 6.07) is 19.0. The number of benzene rings is 2. The molecular formula is C26H23N5O6S. The Morgan fingerprint density at radius 2 is 1.71 bits per heavy atom. The number of amides is 2. The number of anilines is 1. The molecule has 11 nitrogen and oxygen atoms in total. The summed E-state index contributed by atoms with van der Waals surface area (Å²) in [5, 5.41) is 6.66. The molecule has 0 spiro atoms. The first-order valence-corrected chi connectivity index (χ1v) is 13.4. The molecule has 2 aromatic heterocycles. The van der Waals surface area contributed by atoms with E-state index in [1.54, 1.807) is 66.7 Å². The first-order chi connectivity index (χ1) is 18.2. The van der Waals surface area contributed by atoms with Crippen LogP contribution in [-0.4, -0.2) is 54.9 Å². The third kappa shape index (κ3) is 4.68. The summed E-state index contributed by atoms with van der Waals surface area (Å²) in [6.07, 6.45) is 2.52. The Bertz CT molecular complexity index is 1690. The van der Waals surface area contributed by atoms with Gasteiger partial charge >= 0.3 is 0 Å². The van der Waals surface area contributed by atoms with Crippen molar-refractivity contribution < 1.29 is 22.7 Å². The van der Waals surface area contributed by atoms with Crippen LogP contribution in [0.2, 0.25) is 0 Å². The second-order valence-electron chi connectivity index (χ2n) is 8.73. The predicted molar refractivity (Wildman–Crippen MR) is 139 cm³/mol. The van der Waals surface area contributed by atoms with Crippen LogP contribution in [0.3, 0.4) is 0 Å². The molecule has 2 N–H and O–H groups in total. The zero-order valence-electron chi connectivity index (χ0n) is 20.4. The van der Waals surface area contributed by atoms with Crippen LogP contribution in [0, 0.1) is 0 Å². The van der Waals surface area contributed by atoms with Crippen molar-refractivity contribution in [3.8, 4) is 11.4 Å². The Labute approximate surface area is 217 Å². The number of carbonyl (C=O) groups excluding carboxylic acids is 2. The van der Waals surface area contributed by atoms with Gasteiger partial charge in [0.05, 0.1) is 13.4 Å². The number of hydrogen-bond donors (Lipinski definition) is 2. The van der Waals surface area contributed by atoms with Crippen LogP contribution in [0.1, 0.15) is 38.0 Å². The number of ether oxygens (including phenoxy) is 1. The third-order valence-electron chi connectivity index (χ3n) is 6.25. The van der Waals surface area contributed by atoms with Crippen molar-refractivity contribution in [2.75, 3.05) is 24.8 Å². The van der Waals surface area contributed by atoms with Crippen molar-refractivity contribution in [2.45, 2.75) is 5.92 Å². The fourth-order valence-electron chi connectivity index (χ4n) is 4.50. The van der Waals surface area contributed by atoms with Gasteiger partial charge in [-0.2, -0.15) is 5.10 Å². The molecule has 1 atom stereocenters. The first kappa shape index (κ1) is 25.0. The summed E-state index contributed by atoms with van der Waals surface area (Å²) in [4.78, 5) is 40.1. The average Bonchev–Trinajstić information content (AvgIpc) is 3.35. The number of nitrogens with zero attached hydrogens (tertiary/aromatic N) is 3. The zero-order chi connectivity index (χ0) is 27.0. The van der Waals surface area contributed by atoms with Crippen LogP contribution in [-0.2, 0) is 10.0 Å². The average molecular weight is 534 g/mol. The van der Waals surface area contributed by atoms with E-state index < -0.39 is 27.8 Å². The second-order valence-corrected chi connectivity index (χ2v) is 10.5. The largest absolute Gasteiger partial charge is 0.497 e. The quantitative estimate of drug-likeness (QED) is 0.386. The van der Waals surface area contributed by atoms with Gasteiger partial charge in [-0.3, -0.25) is 24.0 Å². The van der Waals surface area contributed by atoms with E-state index in [2.05, 4.69) is 10.2 Å². The van der Waals surface area contributed by atoms with Gasteiger partial charge in [-0.1, -0.05) is 18.2 Å². The molecule has 0 bridgehead atoms. The normalized spacial score (nSPS) is 15.2. The van der Waals surface area contributed by atoms with Gasteiger partial charge in [-0.05, 0) is 48.0 Å². The topological polar surface area (TPSA) is 143 Å². The number of nitrogens with one attached hydrogen (secondary N) is 2. The minimum Gasteiger partial charge on any atom is -0.497 e. The van der Waals surface area contributed by atoms with E-state index in [1.807, 2.05) is 16.9 Å². The van der Waals surface area contributed by atoms with Crippen molar-refractivity contribution in [3.63, 3.8) is 0 Å². The highest BCUT2D eigenvalue weighted by molar-refractivity contribution is 7.89. The molecule has 38 heavy (non-hydrogen) atoms. The number of carbonyl (C=O) groups is 2. The van der Waals surface area contributed by atoms with Crippen molar-refractivity contribution in [1.29, 1.82) is 0 Å².